The second-order valence-electron chi connectivity index (χ2n) is 7.04. The van der Waals surface area contributed by atoms with Crippen LogP contribution in [-0.2, 0) is 23.9 Å². The molecule has 1 aliphatic heterocycles. The van der Waals surface area contributed by atoms with Gasteiger partial charge in [0.2, 0.25) is 5.60 Å². The smallest absolute Gasteiger partial charge is 0.341 e. The third-order valence-electron chi connectivity index (χ3n) is 6.15. The number of aliphatic hydroxyl groups is 3. The Morgan fingerprint density at radius 2 is 2.08 bits per heavy atom. The van der Waals surface area contributed by atoms with E-state index in [0.29, 0.717) is 0 Å². The van der Waals surface area contributed by atoms with Gasteiger partial charge in [-0.2, -0.15) is 0 Å². The van der Waals surface area contributed by atoms with Crippen LogP contribution in [0.4, 0.5) is 0 Å². The first-order chi connectivity index (χ1) is 11.1. The van der Waals surface area contributed by atoms with Gasteiger partial charge in [0, 0.05) is 11.3 Å². The lowest BCUT2D eigenvalue weighted by Gasteiger charge is -2.54. The average molecular weight is 340 g/mol. The minimum atomic E-state index is -2.23. The molecule has 2 aliphatic carbocycles. The summed E-state index contributed by atoms with van der Waals surface area (Å²) in [4.78, 5) is 36.4. The third-order valence-corrected chi connectivity index (χ3v) is 6.15. The molecule has 0 aromatic rings. The SMILES string of the molecule is COC(=O)C(O)[C@@]12C[C@H](O)[C@@]3(O)C(=O)OC[C@@]3(C)C1=CC(=O)[C@@H]2C. The van der Waals surface area contributed by atoms with E-state index in [4.69, 9.17) is 4.74 Å². The maximum atomic E-state index is 12.4. The van der Waals surface area contributed by atoms with E-state index in [1.54, 1.807) is 0 Å². The molecule has 0 radical (unpaired) electrons. The monoisotopic (exact) mass is 340 g/mol. The van der Waals surface area contributed by atoms with E-state index in [-0.39, 0.29) is 24.4 Å². The van der Waals surface area contributed by atoms with Gasteiger partial charge >= 0.3 is 11.9 Å². The highest BCUT2D eigenvalue weighted by molar-refractivity contribution is 5.99. The maximum absolute atomic E-state index is 12.4. The van der Waals surface area contributed by atoms with Gasteiger partial charge in [0.25, 0.3) is 0 Å². The Bertz CT molecular complexity index is 669. The molecular formula is C16H20O8. The van der Waals surface area contributed by atoms with Crippen LogP contribution in [0.3, 0.4) is 0 Å². The molecule has 3 N–H and O–H groups in total. The molecule has 0 bridgehead atoms. The van der Waals surface area contributed by atoms with Crippen LogP contribution < -0.4 is 0 Å². The van der Waals surface area contributed by atoms with E-state index in [2.05, 4.69) is 4.74 Å². The van der Waals surface area contributed by atoms with E-state index >= 15 is 0 Å². The first kappa shape index (κ1) is 17.1. The normalized spacial score (nSPS) is 45.2. The summed E-state index contributed by atoms with van der Waals surface area (Å²) in [5, 5.41) is 32.0. The number of ketones is 1. The molecule has 8 heteroatoms. The van der Waals surface area contributed by atoms with Crippen molar-refractivity contribution < 1.29 is 39.2 Å². The van der Waals surface area contributed by atoms with Gasteiger partial charge in [-0.25, -0.2) is 9.59 Å². The molecule has 24 heavy (non-hydrogen) atoms. The Kier molecular flexibility index (Phi) is 3.46. The second-order valence-corrected chi connectivity index (χ2v) is 7.04. The molecule has 8 nitrogen and oxygen atoms in total. The Balaban J connectivity index is 2.23. The molecule has 132 valence electrons. The number of allylic oxidation sites excluding steroid dienone is 1. The van der Waals surface area contributed by atoms with Gasteiger partial charge < -0.3 is 24.8 Å². The molecule has 0 spiro atoms. The summed E-state index contributed by atoms with van der Waals surface area (Å²) in [6.45, 7) is 2.76. The van der Waals surface area contributed by atoms with Crippen molar-refractivity contribution in [3.8, 4) is 0 Å². The van der Waals surface area contributed by atoms with Gasteiger partial charge in [0.1, 0.15) is 6.61 Å². The standard InChI is InChI=1S/C16H20O8/c1-7-8(17)4-9-14(2)6-24-13(21)16(14,22)10(18)5-15(7,9)11(19)12(20)23-3/h4,7,10-11,18-19,22H,5-6H2,1-3H3/t7-,10-,11?,14-,15+,16+/m0/s1. The van der Waals surface area contributed by atoms with Crippen molar-refractivity contribution in [3.05, 3.63) is 11.6 Å². The van der Waals surface area contributed by atoms with Crippen molar-refractivity contribution in [2.75, 3.05) is 13.7 Å². The maximum Gasteiger partial charge on any atom is 0.341 e. The van der Waals surface area contributed by atoms with Crippen LogP contribution in [0.2, 0.25) is 0 Å². The first-order valence-electron chi connectivity index (χ1n) is 7.67. The molecule has 1 unspecified atom stereocenters. The number of hydrogen-bond acceptors (Lipinski definition) is 8. The zero-order chi connectivity index (χ0) is 18.1. The molecule has 1 saturated carbocycles. The summed E-state index contributed by atoms with van der Waals surface area (Å²) < 4.78 is 9.58. The number of hydrogen-bond donors (Lipinski definition) is 3. The summed E-state index contributed by atoms with van der Waals surface area (Å²) in [6, 6.07) is 0. The zero-order valence-electron chi connectivity index (χ0n) is 13.6. The van der Waals surface area contributed by atoms with Crippen molar-refractivity contribution >= 4 is 17.7 Å². The second kappa shape index (κ2) is 4.87. The van der Waals surface area contributed by atoms with Crippen molar-refractivity contribution in [3.63, 3.8) is 0 Å². The van der Waals surface area contributed by atoms with Crippen LogP contribution >= 0.6 is 0 Å². The number of aliphatic hydroxyl groups excluding tert-OH is 2. The van der Waals surface area contributed by atoms with Crippen molar-refractivity contribution in [1.29, 1.82) is 0 Å². The Hall–Kier alpha value is -1.77. The molecule has 6 atom stereocenters. The van der Waals surface area contributed by atoms with Crippen molar-refractivity contribution in [2.45, 2.75) is 38.1 Å². The Labute approximate surface area is 138 Å². The highest BCUT2D eigenvalue weighted by Gasteiger charge is 2.75. The topological polar surface area (TPSA) is 130 Å². The number of rotatable bonds is 2. The van der Waals surface area contributed by atoms with E-state index in [0.717, 1.165) is 7.11 Å². The average Bonchev–Trinajstić information content (AvgIpc) is 2.95. The summed E-state index contributed by atoms with van der Waals surface area (Å²) in [5.74, 6) is -3.11. The van der Waals surface area contributed by atoms with E-state index in [1.165, 1.54) is 19.9 Å². The summed E-state index contributed by atoms with van der Waals surface area (Å²) in [7, 11) is 1.10. The fourth-order valence-corrected chi connectivity index (χ4v) is 4.58. The number of methoxy groups -OCH3 is 1. The van der Waals surface area contributed by atoms with Crippen LogP contribution in [-0.4, -0.2) is 64.6 Å². The van der Waals surface area contributed by atoms with Gasteiger partial charge in [-0.3, -0.25) is 4.79 Å². The largest absolute Gasteiger partial charge is 0.467 e. The third kappa shape index (κ3) is 1.61. The minimum absolute atomic E-state index is 0.240. The molecule has 1 heterocycles. The fraction of sp³-hybridized carbons (Fsp3) is 0.688. The van der Waals surface area contributed by atoms with E-state index < -0.39 is 46.5 Å². The number of ether oxygens (including phenoxy) is 2. The van der Waals surface area contributed by atoms with Crippen LogP contribution in [0.5, 0.6) is 0 Å². The summed E-state index contributed by atoms with van der Waals surface area (Å²) in [5.41, 5.74) is -4.89. The quantitative estimate of drug-likeness (QED) is 0.529. The molecular weight excluding hydrogens is 320 g/mol. The van der Waals surface area contributed by atoms with Crippen LogP contribution in [0, 0.1) is 16.7 Å². The molecule has 1 saturated heterocycles. The predicted octanol–water partition coefficient (Wildman–Crippen LogP) is -1.29. The Morgan fingerprint density at radius 1 is 1.46 bits per heavy atom. The molecule has 3 aliphatic rings. The molecule has 0 amide bonds. The number of esters is 2. The van der Waals surface area contributed by atoms with Gasteiger partial charge in [0.15, 0.2) is 11.9 Å². The van der Waals surface area contributed by atoms with Crippen LogP contribution in [0.15, 0.2) is 11.6 Å². The number of carbonyl (C=O) groups is 3. The van der Waals surface area contributed by atoms with E-state index in [1.807, 2.05) is 0 Å². The van der Waals surface area contributed by atoms with Gasteiger partial charge in [-0.1, -0.05) is 6.92 Å². The van der Waals surface area contributed by atoms with Gasteiger partial charge in [-0.05, 0) is 25.0 Å². The highest BCUT2D eigenvalue weighted by atomic mass is 16.6. The lowest BCUT2D eigenvalue weighted by Crippen LogP contribution is -2.67. The molecule has 0 aromatic carbocycles. The van der Waals surface area contributed by atoms with Gasteiger partial charge in [-0.15, -0.1) is 0 Å². The number of fused-ring (bicyclic) bond motifs is 3. The fourth-order valence-electron chi connectivity index (χ4n) is 4.58. The minimum Gasteiger partial charge on any atom is -0.467 e. The lowest BCUT2D eigenvalue weighted by atomic mass is 9.50. The number of cyclic esters (lactones) is 1. The lowest BCUT2D eigenvalue weighted by molar-refractivity contribution is -0.194. The van der Waals surface area contributed by atoms with E-state index in [9.17, 15) is 29.7 Å². The number of carbonyl (C=O) groups excluding carboxylic acids is 3. The van der Waals surface area contributed by atoms with Crippen molar-refractivity contribution in [2.24, 2.45) is 16.7 Å². The van der Waals surface area contributed by atoms with Crippen molar-refractivity contribution in [1.82, 2.24) is 0 Å². The highest BCUT2D eigenvalue weighted by Crippen LogP contribution is 2.64. The summed E-state index contributed by atoms with van der Waals surface area (Å²) >= 11 is 0. The van der Waals surface area contributed by atoms with Gasteiger partial charge in [0.05, 0.1) is 18.6 Å². The molecule has 3 rings (SSSR count). The van der Waals surface area contributed by atoms with Crippen LogP contribution in [0.1, 0.15) is 20.3 Å². The summed E-state index contributed by atoms with van der Waals surface area (Å²) in [6.07, 6.45) is -2.43. The predicted molar refractivity (Wildman–Crippen MR) is 77.3 cm³/mol. The Morgan fingerprint density at radius 3 is 2.67 bits per heavy atom. The first-order valence-corrected chi connectivity index (χ1v) is 7.67. The van der Waals surface area contributed by atoms with Crippen LogP contribution in [0.25, 0.3) is 0 Å². The zero-order valence-corrected chi connectivity index (χ0v) is 13.6. The molecule has 0 aromatic heterocycles. The molecule has 2 fully saturated rings.